The first kappa shape index (κ1) is 55.9. The fourth-order valence-electron chi connectivity index (χ4n) is 7.31. The summed E-state index contributed by atoms with van der Waals surface area (Å²) in [5.41, 5.74) is 0. The molecule has 0 heterocycles. The van der Waals surface area contributed by atoms with Gasteiger partial charge < -0.3 is 14.2 Å². The first-order chi connectivity index (χ1) is 28.5. The number of rotatable bonds is 46. The number of carbonyl (C=O) groups is 3. The van der Waals surface area contributed by atoms with Crippen LogP contribution in [-0.4, -0.2) is 37.2 Å². The molecule has 0 N–H and O–H groups in total. The Balaban J connectivity index is 4.35. The van der Waals surface area contributed by atoms with Crippen LogP contribution < -0.4 is 0 Å². The van der Waals surface area contributed by atoms with Crippen molar-refractivity contribution in [2.45, 2.75) is 277 Å². The van der Waals surface area contributed by atoms with E-state index in [1.807, 2.05) is 0 Å². The van der Waals surface area contributed by atoms with Crippen molar-refractivity contribution in [1.82, 2.24) is 0 Å². The van der Waals surface area contributed by atoms with E-state index in [-0.39, 0.29) is 31.1 Å². The Labute approximate surface area is 360 Å². The SMILES string of the molecule is CCCCCCCC/C=C\CCCCCCCC(=O)OC[C@@H](COC(=O)CCCCCCCCCCCC)OC(=O)CCCCCCC/C=C\CCCCCCCC. The van der Waals surface area contributed by atoms with Gasteiger partial charge in [0.15, 0.2) is 6.10 Å². The third-order valence-corrected chi connectivity index (χ3v) is 11.2. The molecule has 0 fully saturated rings. The summed E-state index contributed by atoms with van der Waals surface area (Å²) in [5, 5.41) is 0. The minimum Gasteiger partial charge on any atom is -0.462 e. The Morgan fingerprint density at radius 3 is 0.862 bits per heavy atom. The average molecular weight is 817 g/mol. The summed E-state index contributed by atoms with van der Waals surface area (Å²) in [5.74, 6) is -0.883. The van der Waals surface area contributed by atoms with E-state index in [0.717, 1.165) is 70.6 Å². The predicted molar refractivity (Wildman–Crippen MR) is 247 cm³/mol. The first-order valence-electron chi connectivity index (χ1n) is 25.3. The molecule has 0 saturated heterocycles. The molecule has 1 atom stereocenters. The largest absolute Gasteiger partial charge is 0.462 e. The molecular weight excluding hydrogens is 721 g/mol. The molecule has 0 aromatic carbocycles. The zero-order chi connectivity index (χ0) is 42.3. The maximum Gasteiger partial charge on any atom is 0.306 e. The molecule has 340 valence electrons. The Bertz CT molecular complexity index is 942. The minimum atomic E-state index is -0.773. The van der Waals surface area contributed by atoms with E-state index in [4.69, 9.17) is 14.2 Å². The summed E-state index contributed by atoms with van der Waals surface area (Å²) in [4.78, 5) is 37.9. The van der Waals surface area contributed by atoms with Gasteiger partial charge in [0, 0.05) is 19.3 Å². The van der Waals surface area contributed by atoms with Crippen molar-refractivity contribution in [1.29, 1.82) is 0 Å². The van der Waals surface area contributed by atoms with Crippen LogP contribution in [0.4, 0.5) is 0 Å². The number of unbranched alkanes of at least 4 members (excludes halogenated alkanes) is 31. The van der Waals surface area contributed by atoms with Crippen LogP contribution in [0.15, 0.2) is 24.3 Å². The van der Waals surface area contributed by atoms with Crippen molar-refractivity contribution in [3.63, 3.8) is 0 Å². The molecule has 58 heavy (non-hydrogen) atoms. The summed E-state index contributed by atoms with van der Waals surface area (Å²) in [6, 6.07) is 0. The second-order valence-electron chi connectivity index (χ2n) is 17.1. The lowest BCUT2D eigenvalue weighted by Crippen LogP contribution is -2.30. The van der Waals surface area contributed by atoms with E-state index in [9.17, 15) is 14.4 Å². The van der Waals surface area contributed by atoms with Crippen LogP contribution in [0.3, 0.4) is 0 Å². The molecule has 0 amide bonds. The number of esters is 3. The van der Waals surface area contributed by atoms with Crippen molar-refractivity contribution >= 4 is 17.9 Å². The standard InChI is InChI=1S/C52H96O6/c1-4-7-10-13-16-19-22-24-26-28-30-33-36-39-42-45-51(54)57-48-49(47-56-50(53)44-41-38-35-32-21-18-15-12-9-6-3)58-52(55)46-43-40-37-34-31-29-27-25-23-20-17-14-11-8-5-2/h24-27,49H,4-23,28-48H2,1-3H3/b26-24-,27-25-/t49-/m1/s1. The highest BCUT2D eigenvalue weighted by molar-refractivity contribution is 5.71. The third-order valence-electron chi connectivity index (χ3n) is 11.2. The molecule has 0 aromatic rings. The van der Waals surface area contributed by atoms with E-state index < -0.39 is 6.10 Å². The van der Waals surface area contributed by atoms with Gasteiger partial charge in [0.1, 0.15) is 13.2 Å². The van der Waals surface area contributed by atoms with Gasteiger partial charge in [0.25, 0.3) is 0 Å². The normalized spacial score (nSPS) is 12.1. The summed E-state index contributed by atoms with van der Waals surface area (Å²) in [6.07, 6.45) is 53.0. The number of ether oxygens (including phenoxy) is 3. The van der Waals surface area contributed by atoms with Crippen molar-refractivity contribution in [3.8, 4) is 0 Å². The van der Waals surface area contributed by atoms with Gasteiger partial charge in [0.2, 0.25) is 0 Å². The van der Waals surface area contributed by atoms with Crippen LogP contribution in [0.1, 0.15) is 271 Å². The van der Waals surface area contributed by atoms with Crippen molar-refractivity contribution in [2.24, 2.45) is 0 Å². The summed E-state index contributed by atoms with van der Waals surface area (Å²) >= 11 is 0. The maximum absolute atomic E-state index is 12.8. The molecule has 0 rings (SSSR count). The monoisotopic (exact) mass is 817 g/mol. The van der Waals surface area contributed by atoms with Gasteiger partial charge in [-0.1, -0.05) is 206 Å². The molecule has 0 radical (unpaired) electrons. The van der Waals surface area contributed by atoms with Crippen molar-refractivity contribution in [2.75, 3.05) is 13.2 Å². The zero-order valence-corrected chi connectivity index (χ0v) is 38.8. The number of carbonyl (C=O) groups excluding carboxylic acids is 3. The number of allylic oxidation sites excluding steroid dienone is 4. The van der Waals surface area contributed by atoms with E-state index in [1.165, 1.54) is 161 Å². The van der Waals surface area contributed by atoms with E-state index in [2.05, 4.69) is 45.1 Å². The molecule has 0 unspecified atom stereocenters. The van der Waals surface area contributed by atoms with Crippen LogP contribution in [0.25, 0.3) is 0 Å². The van der Waals surface area contributed by atoms with Gasteiger partial charge in [-0.05, 0) is 70.6 Å². The molecule has 0 bridgehead atoms. The van der Waals surface area contributed by atoms with Crippen molar-refractivity contribution < 1.29 is 28.6 Å². The Morgan fingerprint density at radius 1 is 0.328 bits per heavy atom. The lowest BCUT2D eigenvalue weighted by molar-refractivity contribution is -0.167. The maximum atomic E-state index is 12.8. The summed E-state index contributed by atoms with van der Waals surface area (Å²) in [6.45, 7) is 6.62. The van der Waals surface area contributed by atoms with Crippen LogP contribution in [0.5, 0.6) is 0 Å². The predicted octanol–water partition coefficient (Wildman–Crippen LogP) is 16.4. The molecule has 6 nitrogen and oxygen atoms in total. The number of hydrogen-bond acceptors (Lipinski definition) is 6. The van der Waals surface area contributed by atoms with Gasteiger partial charge in [-0.2, -0.15) is 0 Å². The minimum absolute atomic E-state index is 0.0740. The Hall–Kier alpha value is -2.11. The second kappa shape index (κ2) is 47.6. The van der Waals surface area contributed by atoms with Crippen LogP contribution in [0.2, 0.25) is 0 Å². The summed E-state index contributed by atoms with van der Waals surface area (Å²) < 4.78 is 16.8. The average Bonchev–Trinajstić information content (AvgIpc) is 3.22. The van der Waals surface area contributed by atoms with Crippen LogP contribution >= 0.6 is 0 Å². The highest BCUT2D eigenvalue weighted by Crippen LogP contribution is 2.15. The molecule has 0 spiro atoms. The Kier molecular flexibility index (Phi) is 45.8. The molecule has 0 aliphatic heterocycles. The quantitative estimate of drug-likeness (QED) is 0.0263. The second-order valence-corrected chi connectivity index (χ2v) is 17.1. The van der Waals surface area contributed by atoms with Crippen LogP contribution in [0, 0.1) is 0 Å². The highest BCUT2D eigenvalue weighted by atomic mass is 16.6. The lowest BCUT2D eigenvalue weighted by atomic mass is 10.1. The molecule has 0 aliphatic carbocycles. The number of hydrogen-bond donors (Lipinski definition) is 0. The first-order valence-corrected chi connectivity index (χ1v) is 25.3. The molecular formula is C52H96O6. The van der Waals surface area contributed by atoms with E-state index in [1.54, 1.807) is 0 Å². The van der Waals surface area contributed by atoms with Crippen LogP contribution in [-0.2, 0) is 28.6 Å². The molecule has 0 aliphatic rings. The smallest absolute Gasteiger partial charge is 0.306 e. The Morgan fingerprint density at radius 2 is 0.569 bits per heavy atom. The fraction of sp³-hybridized carbons (Fsp3) is 0.865. The van der Waals surface area contributed by atoms with E-state index in [0.29, 0.717) is 19.3 Å². The summed E-state index contributed by atoms with van der Waals surface area (Å²) in [7, 11) is 0. The van der Waals surface area contributed by atoms with Crippen molar-refractivity contribution in [3.05, 3.63) is 24.3 Å². The third kappa shape index (κ3) is 45.0. The van der Waals surface area contributed by atoms with Gasteiger partial charge in [-0.15, -0.1) is 0 Å². The molecule has 6 heteroatoms. The topological polar surface area (TPSA) is 78.9 Å². The molecule has 0 saturated carbocycles. The molecule has 0 aromatic heterocycles. The van der Waals surface area contributed by atoms with Gasteiger partial charge in [-0.3, -0.25) is 14.4 Å². The highest BCUT2D eigenvalue weighted by Gasteiger charge is 2.19. The zero-order valence-electron chi connectivity index (χ0n) is 38.8. The van der Waals surface area contributed by atoms with Gasteiger partial charge in [-0.25, -0.2) is 0 Å². The van der Waals surface area contributed by atoms with Gasteiger partial charge in [0.05, 0.1) is 0 Å². The lowest BCUT2D eigenvalue weighted by Gasteiger charge is -2.18. The van der Waals surface area contributed by atoms with Gasteiger partial charge >= 0.3 is 17.9 Å². The van der Waals surface area contributed by atoms with E-state index >= 15 is 0 Å². The fourth-order valence-corrected chi connectivity index (χ4v) is 7.31.